The summed E-state index contributed by atoms with van der Waals surface area (Å²) in [5, 5.41) is 0. The third-order valence-corrected chi connectivity index (χ3v) is 4.97. The minimum Gasteiger partial charge on any atom is -0.491 e. The van der Waals surface area contributed by atoms with E-state index in [4.69, 9.17) is 9.47 Å². The Morgan fingerprint density at radius 1 is 1.04 bits per heavy atom. The molecular formula is C18H21NO6S. The molecule has 0 atom stereocenters. The predicted molar refractivity (Wildman–Crippen MR) is 97.1 cm³/mol. The highest BCUT2D eigenvalue weighted by Crippen LogP contribution is 2.23. The lowest BCUT2D eigenvalue weighted by Gasteiger charge is -2.12. The molecule has 2 aromatic rings. The van der Waals surface area contributed by atoms with E-state index in [-0.39, 0.29) is 10.5 Å². The second-order valence-corrected chi connectivity index (χ2v) is 7.12. The molecule has 1 N–H and O–H groups in total. The van der Waals surface area contributed by atoms with Crippen LogP contribution < -0.4 is 9.46 Å². The zero-order chi connectivity index (χ0) is 19.2. The number of hydrogen-bond donors (Lipinski definition) is 1. The van der Waals surface area contributed by atoms with E-state index in [1.54, 1.807) is 38.3 Å². The lowest BCUT2D eigenvalue weighted by molar-refractivity contribution is 0.0600. The Kier molecular flexibility index (Phi) is 6.59. The number of nitrogens with one attached hydrogen (secondary N) is 1. The van der Waals surface area contributed by atoms with Crippen molar-refractivity contribution in [1.82, 2.24) is 0 Å². The summed E-state index contributed by atoms with van der Waals surface area (Å²) < 4.78 is 42.6. The maximum atomic E-state index is 12.6. The molecule has 0 aliphatic heterocycles. The summed E-state index contributed by atoms with van der Waals surface area (Å²) >= 11 is 0. The van der Waals surface area contributed by atoms with Crippen LogP contribution >= 0.6 is 0 Å². The third-order valence-electron chi connectivity index (χ3n) is 3.59. The number of aryl methyl sites for hydroxylation is 1. The number of sulfonamides is 1. The minimum absolute atomic E-state index is 0.0828. The van der Waals surface area contributed by atoms with Crippen molar-refractivity contribution in [2.24, 2.45) is 0 Å². The van der Waals surface area contributed by atoms with Gasteiger partial charge in [-0.3, -0.25) is 4.72 Å². The molecule has 0 spiro atoms. The van der Waals surface area contributed by atoms with Crippen LogP contribution in [0.2, 0.25) is 0 Å². The molecule has 0 radical (unpaired) electrons. The number of ether oxygens (including phenoxy) is 3. The highest BCUT2D eigenvalue weighted by atomic mass is 32.2. The van der Waals surface area contributed by atoms with Gasteiger partial charge in [0.2, 0.25) is 0 Å². The van der Waals surface area contributed by atoms with Crippen LogP contribution in [0, 0.1) is 6.92 Å². The maximum absolute atomic E-state index is 12.6. The Hall–Kier alpha value is -2.58. The molecule has 0 unspecified atom stereocenters. The van der Waals surface area contributed by atoms with Crippen LogP contribution in [0.3, 0.4) is 0 Å². The van der Waals surface area contributed by atoms with E-state index < -0.39 is 16.0 Å². The third kappa shape index (κ3) is 4.96. The van der Waals surface area contributed by atoms with Crippen LogP contribution in [0.4, 0.5) is 5.69 Å². The van der Waals surface area contributed by atoms with Crippen molar-refractivity contribution >= 4 is 21.7 Å². The standard InChI is InChI=1S/C18H21NO6S/c1-13-4-5-14(18(20)24-3)12-17(13)19-26(21,22)16-8-6-15(7-9-16)25-11-10-23-2/h4-9,12,19H,10-11H2,1-3H3. The monoisotopic (exact) mass is 379 g/mol. The second-order valence-electron chi connectivity index (χ2n) is 5.44. The van der Waals surface area contributed by atoms with E-state index in [0.29, 0.717) is 30.2 Å². The highest BCUT2D eigenvalue weighted by Gasteiger charge is 2.17. The van der Waals surface area contributed by atoms with Crippen molar-refractivity contribution in [2.45, 2.75) is 11.8 Å². The topological polar surface area (TPSA) is 90.9 Å². The fraction of sp³-hybridized carbons (Fsp3) is 0.278. The van der Waals surface area contributed by atoms with Crippen LogP contribution in [-0.4, -0.2) is 41.8 Å². The number of rotatable bonds is 8. The van der Waals surface area contributed by atoms with Gasteiger partial charge in [0, 0.05) is 7.11 Å². The first-order valence-corrected chi connectivity index (χ1v) is 9.29. The Labute approximate surface area is 152 Å². The van der Waals surface area contributed by atoms with Crippen molar-refractivity contribution in [2.75, 3.05) is 32.2 Å². The molecule has 0 amide bonds. The highest BCUT2D eigenvalue weighted by molar-refractivity contribution is 7.92. The Balaban J connectivity index is 2.19. The number of methoxy groups -OCH3 is 2. The van der Waals surface area contributed by atoms with Gasteiger partial charge in [-0.2, -0.15) is 0 Å². The van der Waals surface area contributed by atoms with Gasteiger partial charge in [0.15, 0.2) is 0 Å². The molecule has 0 saturated heterocycles. The molecule has 0 fully saturated rings. The first-order chi connectivity index (χ1) is 12.4. The smallest absolute Gasteiger partial charge is 0.337 e. The largest absolute Gasteiger partial charge is 0.491 e. The van der Waals surface area contributed by atoms with Crippen LogP contribution in [0.5, 0.6) is 5.75 Å². The zero-order valence-electron chi connectivity index (χ0n) is 14.8. The number of carbonyl (C=O) groups is 1. The van der Waals surface area contributed by atoms with Gasteiger partial charge in [0.1, 0.15) is 12.4 Å². The first kappa shape index (κ1) is 19.7. The molecule has 0 bridgehead atoms. The molecule has 8 heteroatoms. The number of hydrogen-bond acceptors (Lipinski definition) is 6. The quantitative estimate of drug-likeness (QED) is 0.560. The van der Waals surface area contributed by atoms with Gasteiger partial charge < -0.3 is 14.2 Å². The van der Waals surface area contributed by atoms with E-state index in [0.717, 1.165) is 0 Å². The normalized spacial score (nSPS) is 11.0. The zero-order valence-corrected chi connectivity index (χ0v) is 15.6. The van der Waals surface area contributed by atoms with Crippen molar-refractivity contribution in [3.05, 3.63) is 53.6 Å². The fourth-order valence-corrected chi connectivity index (χ4v) is 3.26. The van der Waals surface area contributed by atoms with Gasteiger partial charge in [-0.25, -0.2) is 13.2 Å². The van der Waals surface area contributed by atoms with Crippen molar-refractivity contribution in [1.29, 1.82) is 0 Å². The molecule has 0 aromatic heterocycles. The van der Waals surface area contributed by atoms with Crippen molar-refractivity contribution < 1.29 is 27.4 Å². The predicted octanol–water partition coefficient (Wildman–Crippen LogP) is 2.61. The summed E-state index contributed by atoms with van der Waals surface area (Å²) in [6, 6.07) is 10.7. The van der Waals surface area contributed by atoms with Crippen LogP contribution in [-0.2, 0) is 19.5 Å². The molecule has 140 valence electrons. The van der Waals surface area contributed by atoms with Gasteiger partial charge in [0.25, 0.3) is 10.0 Å². The fourth-order valence-electron chi connectivity index (χ4n) is 2.14. The van der Waals surface area contributed by atoms with Crippen LogP contribution in [0.1, 0.15) is 15.9 Å². The molecule has 0 aliphatic rings. The van der Waals surface area contributed by atoms with Crippen LogP contribution in [0.15, 0.2) is 47.4 Å². The van der Waals surface area contributed by atoms with E-state index in [9.17, 15) is 13.2 Å². The van der Waals surface area contributed by atoms with E-state index >= 15 is 0 Å². The summed E-state index contributed by atoms with van der Waals surface area (Å²) in [6.45, 7) is 2.56. The van der Waals surface area contributed by atoms with Gasteiger partial charge in [-0.15, -0.1) is 0 Å². The minimum atomic E-state index is -3.81. The molecule has 26 heavy (non-hydrogen) atoms. The van der Waals surface area contributed by atoms with Crippen LogP contribution in [0.25, 0.3) is 0 Å². The Morgan fingerprint density at radius 2 is 1.73 bits per heavy atom. The number of esters is 1. The lowest BCUT2D eigenvalue weighted by Crippen LogP contribution is -2.14. The van der Waals surface area contributed by atoms with E-state index in [1.807, 2.05) is 0 Å². The summed E-state index contributed by atoms with van der Waals surface area (Å²) in [5.41, 5.74) is 1.26. The average Bonchev–Trinajstić information content (AvgIpc) is 2.63. The van der Waals surface area contributed by atoms with Gasteiger partial charge in [-0.1, -0.05) is 6.07 Å². The molecule has 0 aliphatic carbocycles. The van der Waals surface area contributed by atoms with Gasteiger partial charge in [0.05, 0.1) is 29.9 Å². The first-order valence-electron chi connectivity index (χ1n) is 7.81. The lowest BCUT2D eigenvalue weighted by atomic mass is 10.1. The molecular weight excluding hydrogens is 358 g/mol. The van der Waals surface area contributed by atoms with Gasteiger partial charge in [-0.05, 0) is 48.9 Å². The number of anilines is 1. The molecule has 0 saturated carbocycles. The summed E-state index contributed by atoms with van der Waals surface area (Å²) in [5.74, 6) is 0.00729. The van der Waals surface area contributed by atoms with Crippen molar-refractivity contribution in [3.63, 3.8) is 0 Å². The number of carbonyl (C=O) groups excluding carboxylic acids is 1. The molecule has 7 nitrogen and oxygen atoms in total. The number of benzene rings is 2. The Bertz CT molecular complexity index is 862. The second kappa shape index (κ2) is 8.68. The summed E-state index contributed by atoms with van der Waals surface area (Å²) in [4.78, 5) is 11.7. The van der Waals surface area contributed by atoms with E-state index in [2.05, 4.69) is 9.46 Å². The SMILES string of the molecule is COCCOc1ccc(S(=O)(=O)Nc2cc(C(=O)OC)ccc2C)cc1. The maximum Gasteiger partial charge on any atom is 0.337 e. The van der Waals surface area contributed by atoms with E-state index in [1.165, 1.54) is 25.3 Å². The molecule has 0 heterocycles. The molecule has 2 rings (SSSR count). The van der Waals surface area contributed by atoms with Gasteiger partial charge >= 0.3 is 5.97 Å². The summed E-state index contributed by atoms with van der Waals surface area (Å²) in [7, 11) is -0.972. The summed E-state index contributed by atoms with van der Waals surface area (Å²) in [6.07, 6.45) is 0. The Morgan fingerprint density at radius 3 is 2.35 bits per heavy atom. The average molecular weight is 379 g/mol. The molecule has 2 aromatic carbocycles. The van der Waals surface area contributed by atoms with Crippen molar-refractivity contribution in [3.8, 4) is 5.75 Å².